The molecule has 1 aliphatic carbocycles. The molecule has 222 valence electrons. The fourth-order valence-corrected chi connectivity index (χ4v) is 7.23. The number of likely N-dealkylation sites (N-methyl/N-ethyl adjacent to an activating group) is 1. The van der Waals surface area contributed by atoms with E-state index in [1.807, 2.05) is 51.0 Å². The molecule has 0 saturated heterocycles. The lowest BCUT2D eigenvalue weighted by Crippen LogP contribution is -2.32. The van der Waals surface area contributed by atoms with E-state index in [1.165, 1.54) is 24.3 Å². The molecule has 12 heteroatoms. The summed E-state index contributed by atoms with van der Waals surface area (Å²) in [7, 11) is -8.83. The molecule has 0 fully saturated rings. The summed E-state index contributed by atoms with van der Waals surface area (Å²) in [6.07, 6.45) is 3.25. The third-order valence-electron chi connectivity index (χ3n) is 8.52. The zero-order chi connectivity index (χ0) is 31.2. The Labute approximate surface area is 245 Å². The highest BCUT2D eigenvalue weighted by atomic mass is 32.2. The van der Waals surface area contributed by atoms with Gasteiger partial charge in [0.25, 0.3) is 20.2 Å². The van der Waals surface area contributed by atoms with Crippen LogP contribution in [0.15, 0.2) is 80.9 Å². The van der Waals surface area contributed by atoms with E-state index in [-0.39, 0.29) is 32.5 Å². The Hall–Kier alpha value is -3.58. The van der Waals surface area contributed by atoms with Gasteiger partial charge >= 0.3 is 0 Å². The second kappa shape index (κ2) is 9.46. The summed E-state index contributed by atoms with van der Waals surface area (Å²) in [4.78, 5) is 15.0. The Kier molecular flexibility index (Phi) is 6.74. The van der Waals surface area contributed by atoms with Gasteiger partial charge in [-0.3, -0.25) is 13.9 Å². The molecule has 2 aromatic rings. The van der Waals surface area contributed by atoms with E-state index in [9.17, 15) is 35.8 Å². The van der Waals surface area contributed by atoms with Crippen LogP contribution in [0.1, 0.15) is 52.7 Å². The van der Waals surface area contributed by atoms with Crippen molar-refractivity contribution >= 4 is 43.1 Å². The van der Waals surface area contributed by atoms with E-state index in [4.69, 9.17) is 0 Å². The van der Waals surface area contributed by atoms with E-state index < -0.39 is 31.1 Å². The third kappa shape index (κ3) is 4.36. The van der Waals surface area contributed by atoms with Crippen molar-refractivity contribution in [2.45, 2.75) is 62.2 Å². The SMILES string of the molecule is CCN1/C(=C/C2=C(O)C(=C\C3=[N+](CC)c4ccc(S(=O)(=O)O)cc4C3(C)C)/C2=O)C(C)(C)c2cc(S(=O)(=O)O)ccc21. The van der Waals surface area contributed by atoms with Crippen LogP contribution in [0.4, 0.5) is 11.4 Å². The maximum Gasteiger partial charge on any atom is 0.294 e. The average Bonchev–Trinajstić information content (AvgIpc) is 3.26. The second-order valence-electron chi connectivity index (χ2n) is 11.6. The van der Waals surface area contributed by atoms with Crippen molar-refractivity contribution in [2.24, 2.45) is 0 Å². The number of aliphatic hydroxyl groups excluding tert-OH is 1. The first-order valence-electron chi connectivity index (χ1n) is 13.4. The van der Waals surface area contributed by atoms with Crippen LogP contribution in [0, 0.1) is 0 Å². The number of carbonyl (C=O) groups is 1. The molecule has 42 heavy (non-hydrogen) atoms. The minimum Gasteiger partial charge on any atom is -0.506 e. The van der Waals surface area contributed by atoms with E-state index >= 15 is 0 Å². The van der Waals surface area contributed by atoms with Crippen LogP contribution in [0.3, 0.4) is 0 Å². The molecule has 0 bridgehead atoms. The molecule has 2 heterocycles. The van der Waals surface area contributed by atoms with E-state index in [0.29, 0.717) is 35.6 Å². The molecule has 2 aromatic carbocycles. The molecule has 0 amide bonds. The third-order valence-corrected chi connectivity index (χ3v) is 10.2. The Bertz CT molecular complexity index is 1930. The van der Waals surface area contributed by atoms with E-state index in [0.717, 1.165) is 11.4 Å². The van der Waals surface area contributed by atoms with Crippen molar-refractivity contribution in [3.63, 3.8) is 0 Å². The van der Waals surface area contributed by atoms with E-state index in [1.54, 1.807) is 24.3 Å². The molecular formula is C30H33N2O8S2+. The molecule has 0 saturated carbocycles. The number of rotatable bonds is 6. The van der Waals surface area contributed by atoms with Gasteiger partial charge in [0.1, 0.15) is 12.3 Å². The minimum absolute atomic E-state index is 0.121. The van der Waals surface area contributed by atoms with Crippen LogP contribution < -0.4 is 4.90 Å². The van der Waals surface area contributed by atoms with Crippen molar-refractivity contribution in [3.8, 4) is 0 Å². The first-order chi connectivity index (χ1) is 19.3. The number of aliphatic hydroxyl groups is 1. The molecule has 0 aromatic heterocycles. The van der Waals surface area contributed by atoms with Crippen LogP contribution in [-0.2, 0) is 35.9 Å². The number of anilines is 1. The van der Waals surface area contributed by atoms with Crippen molar-refractivity contribution in [3.05, 3.63) is 82.3 Å². The van der Waals surface area contributed by atoms with Gasteiger partial charge in [-0.25, -0.2) is 0 Å². The summed E-state index contributed by atoms with van der Waals surface area (Å²) < 4.78 is 68.3. The van der Waals surface area contributed by atoms with Gasteiger partial charge in [-0.15, -0.1) is 0 Å². The van der Waals surface area contributed by atoms with Gasteiger partial charge in [-0.1, -0.05) is 13.8 Å². The minimum atomic E-state index is -4.41. The first kappa shape index (κ1) is 29.9. The number of Topliss-reactive ketones (excluding diaryl/α,β-unsaturated/α-hetero) is 1. The van der Waals surface area contributed by atoms with Gasteiger partial charge in [-0.2, -0.15) is 21.4 Å². The summed E-state index contributed by atoms with van der Waals surface area (Å²) in [6, 6.07) is 8.77. The lowest BCUT2D eigenvalue weighted by molar-refractivity contribution is -0.433. The fraction of sp³-hybridized carbons (Fsp3) is 0.333. The van der Waals surface area contributed by atoms with Crippen LogP contribution >= 0.6 is 0 Å². The lowest BCUT2D eigenvalue weighted by Gasteiger charge is -2.28. The lowest BCUT2D eigenvalue weighted by atomic mass is 9.77. The van der Waals surface area contributed by atoms with Crippen molar-refractivity contribution in [2.75, 3.05) is 18.0 Å². The van der Waals surface area contributed by atoms with Crippen LogP contribution in [0.5, 0.6) is 0 Å². The summed E-state index contributed by atoms with van der Waals surface area (Å²) in [6.45, 7) is 12.4. The fourth-order valence-electron chi connectivity index (χ4n) is 6.22. The molecule has 0 radical (unpaired) electrons. The van der Waals surface area contributed by atoms with E-state index in [2.05, 4.69) is 0 Å². The quantitative estimate of drug-likeness (QED) is 0.241. The Morgan fingerprint density at radius 2 is 1.43 bits per heavy atom. The Balaban J connectivity index is 1.58. The van der Waals surface area contributed by atoms with Crippen molar-refractivity contribution in [1.82, 2.24) is 0 Å². The van der Waals surface area contributed by atoms with Gasteiger partial charge < -0.3 is 10.0 Å². The predicted octanol–water partition coefficient (Wildman–Crippen LogP) is 4.60. The highest BCUT2D eigenvalue weighted by Gasteiger charge is 2.47. The summed E-state index contributed by atoms with van der Waals surface area (Å²) >= 11 is 0. The zero-order valence-corrected chi connectivity index (χ0v) is 25.8. The van der Waals surface area contributed by atoms with Gasteiger partial charge in [0.2, 0.25) is 11.5 Å². The number of hydrogen-bond donors (Lipinski definition) is 3. The van der Waals surface area contributed by atoms with Crippen molar-refractivity contribution < 1.29 is 40.4 Å². The summed E-state index contributed by atoms with van der Waals surface area (Å²) in [5.41, 5.74) is 2.95. The molecule has 3 aliphatic rings. The monoisotopic (exact) mass is 613 g/mol. The van der Waals surface area contributed by atoms with Crippen LogP contribution in [0.25, 0.3) is 0 Å². The first-order valence-corrected chi connectivity index (χ1v) is 16.3. The zero-order valence-electron chi connectivity index (χ0n) is 24.1. The highest BCUT2D eigenvalue weighted by Crippen LogP contribution is 2.50. The number of nitrogens with zero attached hydrogens (tertiary/aromatic N) is 2. The molecule has 0 unspecified atom stereocenters. The van der Waals surface area contributed by atoms with Gasteiger partial charge in [0.05, 0.1) is 26.4 Å². The molecule has 2 aliphatic heterocycles. The van der Waals surface area contributed by atoms with Crippen LogP contribution in [0.2, 0.25) is 0 Å². The number of allylic oxidation sites excluding steroid dienone is 5. The summed E-state index contributed by atoms with van der Waals surface area (Å²) in [5, 5.41) is 11.1. The molecule has 10 nitrogen and oxygen atoms in total. The average molecular weight is 614 g/mol. The molecular weight excluding hydrogens is 580 g/mol. The predicted molar refractivity (Wildman–Crippen MR) is 158 cm³/mol. The smallest absolute Gasteiger partial charge is 0.294 e. The largest absolute Gasteiger partial charge is 0.506 e. The molecule has 0 atom stereocenters. The number of carbonyl (C=O) groups excluding carboxylic acids is 1. The molecule has 0 spiro atoms. The number of ketones is 1. The topological polar surface area (TPSA) is 152 Å². The van der Waals surface area contributed by atoms with Crippen molar-refractivity contribution in [1.29, 1.82) is 0 Å². The number of benzene rings is 2. The van der Waals surface area contributed by atoms with Gasteiger partial charge in [0.15, 0.2) is 5.71 Å². The van der Waals surface area contributed by atoms with Crippen LogP contribution in [-0.4, -0.2) is 60.2 Å². The van der Waals surface area contributed by atoms with Gasteiger partial charge in [0, 0.05) is 41.1 Å². The standard InChI is InChI=1S/C30H32N2O8S2/c1-7-31-23-11-9-17(41(35,36)37)13-21(23)29(3,4)25(31)15-19-27(33)20(28(19)34)16-26-30(5,6)22-14-18(42(38,39)40)10-12-24(22)32(26)8-2/h9-16H,7-8H2,1-6H3,(H2-,33,34,35,36,37,38,39,40)/p+1. The van der Waals surface area contributed by atoms with Gasteiger partial charge in [-0.05, 0) is 69.7 Å². The maximum absolute atomic E-state index is 13.5. The number of hydrogen-bond acceptors (Lipinski definition) is 7. The number of fused-ring (bicyclic) bond motifs is 2. The molecule has 3 N–H and O–H groups in total. The summed E-state index contributed by atoms with van der Waals surface area (Å²) in [5.74, 6) is -0.543. The highest BCUT2D eigenvalue weighted by molar-refractivity contribution is 7.86. The normalized spacial score (nSPS) is 21.3. The maximum atomic E-state index is 13.5. The Morgan fingerprint density at radius 1 is 0.857 bits per heavy atom. The molecule has 5 rings (SSSR count). The Morgan fingerprint density at radius 3 is 1.95 bits per heavy atom. The second-order valence-corrected chi connectivity index (χ2v) is 14.5.